The largest absolute Gasteiger partial charge is 0.444 e. The number of hydrogen-bond donors (Lipinski definition) is 3. The maximum atomic E-state index is 11.6. The van der Waals surface area contributed by atoms with Gasteiger partial charge in [0.15, 0.2) is 0 Å². The van der Waals surface area contributed by atoms with Crippen molar-refractivity contribution in [2.45, 2.75) is 52.1 Å². The minimum Gasteiger partial charge on any atom is -0.444 e. The monoisotopic (exact) mass is 339 g/mol. The topological polar surface area (TPSA) is 96.5 Å². The number of nitrogens with one attached hydrogen (secondary N) is 3. The average molecular weight is 339 g/mol. The summed E-state index contributed by atoms with van der Waals surface area (Å²) in [4.78, 5) is 34.5. The molecule has 24 heavy (non-hydrogen) atoms. The first-order valence-corrected chi connectivity index (χ1v) is 8.46. The van der Waals surface area contributed by atoms with E-state index >= 15 is 0 Å². The first-order chi connectivity index (χ1) is 11.3. The van der Waals surface area contributed by atoms with Crippen molar-refractivity contribution in [2.75, 3.05) is 19.6 Å². The Morgan fingerprint density at radius 1 is 1.04 bits per heavy atom. The molecule has 0 unspecified atom stereocenters. The minimum atomic E-state index is -0.636. The number of amides is 3. The SMILES string of the molecule is CC(C)(C)OC(=O)NCC(=O)NCCNC(=O)/C=C/C1CCCC1. The molecule has 1 rings (SSSR count). The van der Waals surface area contributed by atoms with E-state index in [0.717, 1.165) is 12.8 Å². The molecule has 0 bridgehead atoms. The summed E-state index contributed by atoms with van der Waals surface area (Å²) in [5, 5.41) is 7.68. The summed E-state index contributed by atoms with van der Waals surface area (Å²) < 4.78 is 5.02. The summed E-state index contributed by atoms with van der Waals surface area (Å²) in [6.45, 7) is 5.72. The molecule has 1 aliphatic carbocycles. The molecule has 0 spiro atoms. The molecule has 0 aromatic rings. The lowest BCUT2D eigenvalue weighted by atomic mass is 10.1. The van der Waals surface area contributed by atoms with E-state index < -0.39 is 11.7 Å². The summed E-state index contributed by atoms with van der Waals surface area (Å²) in [7, 11) is 0. The van der Waals surface area contributed by atoms with Crippen LogP contribution in [0.4, 0.5) is 4.79 Å². The highest BCUT2D eigenvalue weighted by Crippen LogP contribution is 2.25. The van der Waals surface area contributed by atoms with Gasteiger partial charge in [0.1, 0.15) is 5.60 Å². The Morgan fingerprint density at radius 3 is 2.29 bits per heavy atom. The molecule has 1 aliphatic rings. The zero-order valence-electron chi connectivity index (χ0n) is 14.8. The van der Waals surface area contributed by atoms with Crippen LogP contribution in [0.5, 0.6) is 0 Å². The fourth-order valence-corrected chi connectivity index (χ4v) is 2.35. The molecule has 0 aromatic carbocycles. The normalized spacial score (nSPS) is 15.3. The first kappa shape index (κ1) is 20.0. The van der Waals surface area contributed by atoms with Crippen LogP contribution in [0.3, 0.4) is 0 Å². The van der Waals surface area contributed by atoms with Crippen molar-refractivity contribution in [3.05, 3.63) is 12.2 Å². The Balaban J connectivity index is 2.06. The van der Waals surface area contributed by atoms with Crippen LogP contribution < -0.4 is 16.0 Å². The van der Waals surface area contributed by atoms with E-state index in [4.69, 9.17) is 4.74 Å². The van der Waals surface area contributed by atoms with Crippen molar-refractivity contribution in [3.8, 4) is 0 Å². The second-order valence-electron chi connectivity index (χ2n) is 6.90. The van der Waals surface area contributed by atoms with E-state index in [1.165, 1.54) is 12.8 Å². The average Bonchev–Trinajstić information content (AvgIpc) is 2.99. The van der Waals surface area contributed by atoms with Gasteiger partial charge in [0.2, 0.25) is 11.8 Å². The van der Waals surface area contributed by atoms with Gasteiger partial charge in [-0.25, -0.2) is 4.79 Å². The lowest BCUT2D eigenvalue weighted by Gasteiger charge is -2.19. The first-order valence-electron chi connectivity index (χ1n) is 8.46. The fraction of sp³-hybridized carbons (Fsp3) is 0.706. The second-order valence-corrected chi connectivity index (χ2v) is 6.90. The number of alkyl carbamates (subject to hydrolysis) is 1. The lowest BCUT2D eigenvalue weighted by Crippen LogP contribution is -2.41. The van der Waals surface area contributed by atoms with Gasteiger partial charge >= 0.3 is 6.09 Å². The van der Waals surface area contributed by atoms with Gasteiger partial charge in [-0.05, 0) is 45.6 Å². The molecular formula is C17H29N3O4. The molecule has 0 atom stereocenters. The molecule has 1 saturated carbocycles. The Hall–Kier alpha value is -2.05. The Bertz CT molecular complexity index is 463. The van der Waals surface area contributed by atoms with Crippen LogP contribution in [0.2, 0.25) is 0 Å². The van der Waals surface area contributed by atoms with Crippen molar-refractivity contribution in [2.24, 2.45) is 5.92 Å². The third kappa shape index (κ3) is 9.86. The van der Waals surface area contributed by atoms with Gasteiger partial charge in [-0.2, -0.15) is 0 Å². The summed E-state index contributed by atoms with van der Waals surface area (Å²) in [6.07, 6.45) is 7.69. The van der Waals surface area contributed by atoms with E-state index in [1.54, 1.807) is 26.8 Å². The van der Waals surface area contributed by atoms with Crippen LogP contribution in [-0.2, 0) is 14.3 Å². The van der Waals surface area contributed by atoms with Gasteiger partial charge < -0.3 is 20.7 Å². The third-order valence-electron chi connectivity index (χ3n) is 3.46. The van der Waals surface area contributed by atoms with Crippen LogP contribution in [0.1, 0.15) is 46.5 Å². The van der Waals surface area contributed by atoms with Crippen LogP contribution in [0, 0.1) is 5.92 Å². The van der Waals surface area contributed by atoms with E-state index in [1.807, 2.05) is 6.08 Å². The van der Waals surface area contributed by atoms with Crippen LogP contribution in [0.25, 0.3) is 0 Å². The molecule has 0 saturated heterocycles. The molecule has 7 heteroatoms. The maximum absolute atomic E-state index is 11.6. The van der Waals surface area contributed by atoms with Crippen molar-refractivity contribution >= 4 is 17.9 Å². The summed E-state index contributed by atoms with van der Waals surface area (Å²) in [5.41, 5.74) is -0.600. The van der Waals surface area contributed by atoms with Gasteiger partial charge in [-0.3, -0.25) is 9.59 Å². The number of hydrogen-bond acceptors (Lipinski definition) is 4. The molecule has 7 nitrogen and oxygen atoms in total. The minimum absolute atomic E-state index is 0.150. The zero-order chi connectivity index (χ0) is 18.0. The highest BCUT2D eigenvalue weighted by atomic mass is 16.6. The summed E-state index contributed by atoms with van der Waals surface area (Å²) >= 11 is 0. The van der Waals surface area contributed by atoms with Gasteiger partial charge in [-0.15, -0.1) is 0 Å². The number of carbonyl (C=O) groups is 3. The molecule has 3 amide bonds. The van der Waals surface area contributed by atoms with E-state index in [2.05, 4.69) is 16.0 Å². The predicted molar refractivity (Wildman–Crippen MR) is 91.4 cm³/mol. The van der Waals surface area contributed by atoms with Gasteiger partial charge in [0, 0.05) is 13.1 Å². The summed E-state index contributed by atoms with van der Waals surface area (Å²) in [5.74, 6) is 0.0361. The van der Waals surface area contributed by atoms with Crippen LogP contribution in [0.15, 0.2) is 12.2 Å². The number of allylic oxidation sites excluding steroid dienone is 1. The van der Waals surface area contributed by atoms with Crippen LogP contribution in [-0.4, -0.2) is 43.1 Å². The molecule has 0 aromatic heterocycles. The Morgan fingerprint density at radius 2 is 1.67 bits per heavy atom. The van der Waals surface area contributed by atoms with Crippen molar-refractivity contribution in [1.29, 1.82) is 0 Å². The molecule has 1 fully saturated rings. The Kier molecular flexibility index (Phi) is 8.29. The van der Waals surface area contributed by atoms with Gasteiger partial charge in [-0.1, -0.05) is 18.9 Å². The lowest BCUT2D eigenvalue weighted by molar-refractivity contribution is -0.120. The van der Waals surface area contributed by atoms with Crippen LogP contribution >= 0.6 is 0 Å². The molecule has 3 N–H and O–H groups in total. The molecular weight excluding hydrogens is 310 g/mol. The number of ether oxygens (including phenoxy) is 1. The maximum Gasteiger partial charge on any atom is 0.408 e. The highest BCUT2D eigenvalue weighted by molar-refractivity contribution is 5.87. The van der Waals surface area contributed by atoms with E-state index in [-0.39, 0.29) is 18.4 Å². The molecule has 136 valence electrons. The standard InChI is InChI=1S/C17H29N3O4/c1-17(2,3)24-16(23)20-12-15(22)19-11-10-18-14(21)9-8-13-6-4-5-7-13/h8-9,13H,4-7,10-12H2,1-3H3,(H,18,21)(H,19,22)(H,20,23)/b9-8+. The van der Waals surface area contributed by atoms with Crippen molar-refractivity contribution in [1.82, 2.24) is 16.0 Å². The Labute approximate surface area is 143 Å². The van der Waals surface area contributed by atoms with Gasteiger partial charge in [0.05, 0.1) is 6.54 Å². The summed E-state index contributed by atoms with van der Waals surface area (Å²) in [6, 6.07) is 0. The molecule has 0 radical (unpaired) electrons. The van der Waals surface area contributed by atoms with E-state index in [9.17, 15) is 14.4 Å². The highest BCUT2D eigenvalue weighted by Gasteiger charge is 2.16. The quantitative estimate of drug-likeness (QED) is 0.484. The zero-order valence-corrected chi connectivity index (χ0v) is 14.8. The fourth-order valence-electron chi connectivity index (χ4n) is 2.35. The molecule has 0 aliphatic heterocycles. The van der Waals surface area contributed by atoms with Gasteiger partial charge in [0.25, 0.3) is 0 Å². The smallest absolute Gasteiger partial charge is 0.408 e. The number of carbonyl (C=O) groups excluding carboxylic acids is 3. The van der Waals surface area contributed by atoms with E-state index in [0.29, 0.717) is 19.0 Å². The second kappa shape index (κ2) is 9.95. The third-order valence-corrected chi connectivity index (χ3v) is 3.46. The van der Waals surface area contributed by atoms with Crippen molar-refractivity contribution < 1.29 is 19.1 Å². The van der Waals surface area contributed by atoms with Crippen molar-refractivity contribution in [3.63, 3.8) is 0 Å². The molecule has 0 heterocycles. The number of rotatable bonds is 7. The predicted octanol–water partition coefficient (Wildman–Crippen LogP) is 1.49.